The van der Waals surface area contributed by atoms with E-state index in [1.165, 1.54) is 4.68 Å². The SMILES string of the molecule is CC(C)(C)OC(=O)N(C(=O)OC(C)(C)C)c1nn(C(O)OC(C)(C)C)c2cc(B3OC(C)(C)C(C)(C)O3)ccc12. The highest BCUT2D eigenvalue weighted by atomic mass is 16.7. The van der Waals surface area contributed by atoms with Gasteiger partial charge in [-0.2, -0.15) is 4.90 Å². The van der Waals surface area contributed by atoms with E-state index in [4.69, 9.17) is 23.5 Å². The van der Waals surface area contributed by atoms with Gasteiger partial charge in [0.2, 0.25) is 0 Å². The monoisotopic (exact) mass is 561 g/mol. The van der Waals surface area contributed by atoms with E-state index in [0.717, 1.165) is 4.90 Å². The lowest BCUT2D eigenvalue weighted by atomic mass is 9.79. The van der Waals surface area contributed by atoms with Gasteiger partial charge in [-0.15, -0.1) is 5.10 Å². The number of nitrogens with zero attached hydrogens (tertiary/aromatic N) is 3. The maximum Gasteiger partial charge on any atom is 0.494 e. The minimum atomic E-state index is -1.55. The van der Waals surface area contributed by atoms with Crippen LogP contribution < -0.4 is 10.4 Å². The first kappa shape index (κ1) is 31.9. The number of anilines is 1. The second kappa shape index (κ2) is 10.3. The Hall–Kier alpha value is -2.67. The molecule has 1 saturated heterocycles. The number of hydrogen-bond donors (Lipinski definition) is 1. The van der Waals surface area contributed by atoms with Crippen LogP contribution in [0.2, 0.25) is 0 Å². The van der Waals surface area contributed by atoms with E-state index >= 15 is 0 Å². The molecule has 0 saturated carbocycles. The van der Waals surface area contributed by atoms with Crippen molar-refractivity contribution in [1.82, 2.24) is 9.78 Å². The molecule has 1 N–H and O–H groups in total. The number of rotatable bonds is 4. The Labute approximate surface area is 237 Å². The van der Waals surface area contributed by atoms with Gasteiger partial charge < -0.3 is 28.6 Å². The molecule has 1 unspecified atom stereocenters. The molecule has 222 valence electrons. The van der Waals surface area contributed by atoms with Crippen molar-refractivity contribution in [3.63, 3.8) is 0 Å². The van der Waals surface area contributed by atoms with Gasteiger partial charge >= 0.3 is 19.3 Å². The lowest BCUT2D eigenvalue weighted by molar-refractivity contribution is -0.213. The average Bonchev–Trinajstić information content (AvgIpc) is 3.17. The summed E-state index contributed by atoms with van der Waals surface area (Å²) in [6.07, 6.45) is -3.51. The average molecular weight is 561 g/mol. The van der Waals surface area contributed by atoms with Crippen molar-refractivity contribution in [3.05, 3.63) is 18.2 Å². The van der Waals surface area contributed by atoms with E-state index in [-0.39, 0.29) is 5.82 Å². The Bertz CT molecular complexity index is 1220. The summed E-state index contributed by atoms with van der Waals surface area (Å²) in [4.78, 5) is 27.5. The molecule has 0 spiro atoms. The minimum absolute atomic E-state index is 0.0875. The highest BCUT2D eigenvalue weighted by molar-refractivity contribution is 6.62. The van der Waals surface area contributed by atoms with Gasteiger partial charge in [0.1, 0.15) is 11.2 Å². The fourth-order valence-corrected chi connectivity index (χ4v) is 3.83. The molecule has 2 heterocycles. The summed E-state index contributed by atoms with van der Waals surface area (Å²) in [5.41, 5.74) is -2.67. The number of aromatic nitrogens is 2. The van der Waals surface area contributed by atoms with Gasteiger partial charge in [-0.25, -0.2) is 14.3 Å². The summed E-state index contributed by atoms with van der Waals surface area (Å²) in [7, 11) is -0.699. The highest BCUT2D eigenvalue weighted by Crippen LogP contribution is 2.37. The van der Waals surface area contributed by atoms with Crippen molar-refractivity contribution < 1.29 is 38.2 Å². The summed E-state index contributed by atoms with van der Waals surface area (Å²) in [6.45, 7) is 23.3. The van der Waals surface area contributed by atoms with Crippen molar-refractivity contribution in [2.24, 2.45) is 0 Å². The van der Waals surface area contributed by atoms with Crippen molar-refractivity contribution in [3.8, 4) is 0 Å². The zero-order valence-electron chi connectivity index (χ0n) is 26.0. The van der Waals surface area contributed by atoms with Crippen molar-refractivity contribution >= 4 is 41.5 Å². The van der Waals surface area contributed by atoms with Crippen LogP contribution in [0.25, 0.3) is 10.9 Å². The van der Waals surface area contributed by atoms with Crippen LogP contribution in [0.3, 0.4) is 0 Å². The number of carbonyl (C=O) groups is 2. The Kier molecular flexibility index (Phi) is 8.21. The van der Waals surface area contributed by atoms with E-state index in [1.807, 2.05) is 27.7 Å². The molecule has 2 aromatic rings. The van der Waals surface area contributed by atoms with E-state index in [1.54, 1.807) is 80.5 Å². The zero-order chi connectivity index (χ0) is 30.6. The third-order valence-electron chi connectivity index (χ3n) is 6.27. The summed E-state index contributed by atoms with van der Waals surface area (Å²) in [5, 5.41) is 15.9. The quantitative estimate of drug-likeness (QED) is 0.393. The number of benzene rings is 1. The molecule has 1 aliphatic rings. The van der Waals surface area contributed by atoms with E-state index in [2.05, 4.69) is 5.10 Å². The van der Waals surface area contributed by atoms with Gasteiger partial charge in [0, 0.05) is 5.39 Å². The largest absolute Gasteiger partial charge is 0.494 e. The van der Waals surface area contributed by atoms with Crippen LogP contribution in [-0.4, -0.2) is 62.2 Å². The fraction of sp³-hybridized carbons (Fsp3) is 0.679. The number of aliphatic hydroxyl groups excluding tert-OH is 1. The topological polar surface area (TPSA) is 122 Å². The number of amides is 2. The summed E-state index contributed by atoms with van der Waals surface area (Å²) in [5.74, 6) is -0.0875. The van der Waals surface area contributed by atoms with Crippen LogP contribution in [-0.2, 0) is 23.5 Å². The standard InChI is InChI=1S/C28H44BN3O8/c1-24(2,3)36-21(33)31(22(34)37-25(4,5)6)20-18-15-14-17(29-39-27(10,11)28(12,13)40-29)16-19(18)32(30-20)23(35)38-26(7,8)9/h14-16,23,35H,1-13H3. The predicted octanol–water partition coefficient (Wildman–Crippen LogP) is 5.28. The molecule has 1 aromatic heterocycles. The van der Waals surface area contributed by atoms with Crippen LogP contribution in [0.4, 0.5) is 15.4 Å². The summed E-state index contributed by atoms with van der Waals surface area (Å²) >= 11 is 0. The fourth-order valence-electron chi connectivity index (χ4n) is 3.83. The van der Waals surface area contributed by atoms with Crippen LogP contribution in [0.5, 0.6) is 0 Å². The van der Waals surface area contributed by atoms with Gasteiger partial charge in [0.25, 0.3) is 6.41 Å². The first-order chi connectivity index (χ1) is 17.9. The molecule has 40 heavy (non-hydrogen) atoms. The molecule has 0 bridgehead atoms. The van der Waals surface area contributed by atoms with Crippen LogP contribution in [0, 0.1) is 0 Å². The molecular weight excluding hydrogens is 517 g/mol. The second-order valence-corrected chi connectivity index (χ2v) is 14.0. The lowest BCUT2D eigenvalue weighted by Crippen LogP contribution is -2.44. The van der Waals surface area contributed by atoms with Crippen molar-refractivity contribution in [2.75, 3.05) is 4.90 Å². The van der Waals surface area contributed by atoms with E-state index in [9.17, 15) is 14.7 Å². The molecule has 1 atom stereocenters. The van der Waals surface area contributed by atoms with Crippen molar-refractivity contribution in [2.45, 2.75) is 124 Å². The molecule has 1 aliphatic heterocycles. The molecular formula is C28H44BN3O8. The van der Waals surface area contributed by atoms with Crippen LogP contribution >= 0.6 is 0 Å². The Morgan fingerprint density at radius 1 is 0.900 bits per heavy atom. The van der Waals surface area contributed by atoms with Crippen LogP contribution in [0.15, 0.2) is 18.2 Å². The number of fused-ring (bicyclic) bond motifs is 1. The lowest BCUT2D eigenvalue weighted by Gasteiger charge is -2.32. The number of carbonyl (C=O) groups excluding carboxylic acids is 2. The number of aliphatic hydroxyl groups is 1. The summed E-state index contributed by atoms with van der Waals surface area (Å²) < 4.78 is 30.5. The second-order valence-electron chi connectivity index (χ2n) is 14.0. The molecule has 2 amide bonds. The van der Waals surface area contributed by atoms with Gasteiger partial charge in [-0.1, -0.05) is 6.07 Å². The first-order valence-electron chi connectivity index (χ1n) is 13.4. The Balaban J connectivity index is 2.22. The minimum Gasteiger partial charge on any atom is -0.443 e. The van der Waals surface area contributed by atoms with E-state index < -0.39 is 53.7 Å². The van der Waals surface area contributed by atoms with Crippen molar-refractivity contribution in [1.29, 1.82) is 0 Å². The van der Waals surface area contributed by atoms with E-state index in [0.29, 0.717) is 16.4 Å². The molecule has 12 heteroatoms. The number of ether oxygens (including phenoxy) is 3. The maximum absolute atomic E-state index is 13.4. The van der Waals surface area contributed by atoms with Gasteiger partial charge in [0.15, 0.2) is 5.82 Å². The molecule has 11 nitrogen and oxygen atoms in total. The molecule has 0 aliphatic carbocycles. The summed E-state index contributed by atoms with van der Waals surface area (Å²) in [6, 6.07) is 5.17. The molecule has 1 aromatic carbocycles. The third kappa shape index (κ3) is 7.15. The smallest absolute Gasteiger partial charge is 0.443 e. The zero-order valence-corrected chi connectivity index (χ0v) is 26.0. The maximum atomic E-state index is 13.4. The van der Waals surface area contributed by atoms with Gasteiger partial charge in [0.05, 0.1) is 22.3 Å². The third-order valence-corrected chi connectivity index (χ3v) is 6.27. The number of hydrogen-bond acceptors (Lipinski definition) is 9. The normalized spacial score (nSPS) is 18.1. The van der Waals surface area contributed by atoms with Gasteiger partial charge in [-0.3, -0.25) is 0 Å². The molecule has 0 radical (unpaired) electrons. The number of imide groups is 1. The predicted molar refractivity (Wildman–Crippen MR) is 152 cm³/mol. The van der Waals surface area contributed by atoms with Crippen LogP contribution in [0.1, 0.15) is 96.4 Å². The molecule has 1 fully saturated rings. The van der Waals surface area contributed by atoms with Gasteiger partial charge in [-0.05, 0) is 108 Å². The first-order valence-corrected chi connectivity index (χ1v) is 13.4. The Morgan fingerprint density at radius 2 is 1.38 bits per heavy atom. The molecule has 3 rings (SSSR count). The Morgan fingerprint density at radius 3 is 1.80 bits per heavy atom. The highest BCUT2D eigenvalue weighted by Gasteiger charge is 2.52.